The Labute approximate surface area is 120 Å². The summed E-state index contributed by atoms with van der Waals surface area (Å²) in [4.78, 5) is 4.41. The second-order valence-corrected chi connectivity index (χ2v) is 5.78. The summed E-state index contributed by atoms with van der Waals surface area (Å²) in [5.41, 5.74) is 1.23. The van der Waals surface area contributed by atoms with Gasteiger partial charge < -0.3 is 9.67 Å². The van der Waals surface area contributed by atoms with Gasteiger partial charge in [-0.05, 0) is 24.8 Å². The molecule has 3 nitrogen and oxygen atoms in total. The van der Waals surface area contributed by atoms with Crippen molar-refractivity contribution in [3.05, 3.63) is 54.1 Å². The first kappa shape index (κ1) is 13.4. The van der Waals surface area contributed by atoms with Crippen molar-refractivity contribution in [2.24, 2.45) is 0 Å². The average molecular weight is 270 g/mol. The fraction of sp³-hybridized carbons (Fsp3) is 0.471. The molecule has 0 aliphatic heterocycles. The number of hydrogen-bond donors (Lipinski definition) is 1. The van der Waals surface area contributed by atoms with Gasteiger partial charge in [0.2, 0.25) is 0 Å². The van der Waals surface area contributed by atoms with Crippen LogP contribution in [0.25, 0.3) is 0 Å². The van der Waals surface area contributed by atoms with E-state index in [1.807, 2.05) is 18.5 Å². The van der Waals surface area contributed by atoms with Gasteiger partial charge in [0.1, 0.15) is 5.82 Å². The Balaban J connectivity index is 1.76. The van der Waals surface area contributed by atoms with Crippen LogP contribution in [0.2, 0.25) is 0 Å². The molecule has 3 rings (SSSR count). The van der Waals surface area contributed by atoms with Crippen molar-refractivity contribution in [1.82, 2.24) is 9.55 Å². The van der Waals surface area contributed by atoms with Gasteiger partial charge in [0.05, 0.1) is 6.10 Å². The smallest absolute Gasteiger partial charge is 0.111 e. The molecule has 2 aromatic rings. The summed E-state index contributed by atoms with van der Waals surface area (Å²) in [5, 5.41) is 10.7. The largest absolute Gasteiger partial charge is 0.392 e. The van der Waals surface area contributed by atoms with E-state index in [9.17, 15) is 5.11 Å². The molecule has 1 aliphatic rings. The van der Waals surface area contributed by atoms with Crippen molar-refractivity contribution in [1.29, 1.82) is 0 Å². The Morgan fingerprint density at radius 2 is 2.05 bits per heavy atom. The van der Waals surface area contributed by atoms with Gasteiger partial charge in [-0.25, -0.2) is 4.98 Å². The Kier molecular flexibility index (Phi) is 3.62. The van der Waals surface area contributed by atoms with E-state index in [0.29, 0.717) is 6.42 Å². The second-order valence-electron chi connectivity index (χ2n) is 5.78. The lowest BCUT2D eigenvalue weighted by atomic mass is 9.88. The van der Waals surface area contributed by atoms with Crippen molar-refractivity contribution in [2.45, 2.75) is 50.7 Å². The molecule has 1 aliphatic carbocycles. The molecule has 1 unspecified atom stereocenters. The summed E-state index contributed by atoms with van der Waals surface area (Å²) in [6.45, 7) is 3.13. The summed E-state index contributed by atoms with van der Waals surface area (Å²) in [6.07, 6.45) is 7.38. The van der Waals surface area contributed by atoms with Gasteiger partial charge in [0.15, 0.2) is 0 Å². The topological polar surface area (TPSA) is 38.0 Å². The number of rotatable bonds is 6. The predicted octanol–water partition coefficient (Wildman–Crippen LogP) is 2.93. The van der Waals surface area contributed by atoms with Gasteiger partial charge in [-0.2, -0.15) is 0 Å². The molecule has 1 aromatic heterocycles. The van der Waals surface area contributed by atoms with Crippen LogP contribution in [0, 0.1) is 0 Å². The third-order valence-electron chi connectivity index (χ3n) is 4.42. The molecule has 106 valence electrons. The summed E-state index contributed by atoms with van der Waals surface area (Å²) >= 11 is 0. The molecule has 20 heavy (non-hydrogen) atoms. The third-order valence-corrected chi connectivity index (χ3v) is 4.42. The zero-order valence-corrected chi connectivity index (χ0v) is 12.0. The van der Waals surface area contributed by atoms with E-state index >= 15 is 0 Å². The maximum Gasteiger partial charge on any atom is 0.111 e. The summed E-state index contributed by atoms with van der Waals surface area (Å²) < 4.78 is 2.16. The molecule has 0 radical (unpaired) electrons. The van der Waals surface area contributed by atoms with Gasteiger partial charge in [-0.1, -0.05) is 37.3 Å². The lowest BCUT2D eigenvalue weighted by Crippen LogP contribution is -2.29. The summed E-state index contributed by atoms with van der Waals surface area (Å²) in [6, 6.07) is 10.4. The maximum absolute atomic E-state index is 10.7. The standard InChI is InChI=1S/C17H22N2O/c1-2-11-19-12-10-18-16(19)13-15(20)17(8-9-17)14-6-4-3-5-7-14/h3-7,10,12,15,20H,2,8-9,11,13H2,1H3. The molecule has 1 atom stereocenters. The lowest BCUT2D eigenvalue weighted by molar-refractivity contribution is 0.128. The third kappa shape index (κ3) is 2.38. The van der Waals surface area contributed by atoms with Crippen LogP contribution in [0.1, 0.15) is 37.6 Å². The van der Waals surface area contributed by atoms with Crippen LogP contribution < -0.4 is 0 Å². The zero-order valence-electron chi connectivity index (χ0n) is 12.0. The highest BCUT2D eigenvalue weighted by Gasteiger charge is 2.50. The minimum Gasteiger partial charge on any atom is -0.392 e. The first-order chi connectivity index (χ1) is 9.76. The number of hydrogen-bond acceptors (Lipinski definition) is 2. The lowest BCUT2D eigenvalue weighted by Gasteiger charge is -2.23. The van der Waals surface area contributed by atoms with Gasteiger partial charge in [0, 0.05) is 30.8 Å². The van der Waals surface area contributed by atoms with E-state index < -0.39 is 0 Å². The molecule has 1 fully saturated rings. The van der Waals surface area contributed by atoms with Crippen molar-refractivity contribution in [3.63, 3.8) is 0 Å². The second kappa shape index (κ2) is 5.41. The average Bonchev–Trinajstić information content (AvgIpc) is 3.19. The number of imidazole rings is 1. The number of aliphatic hydroxyl groups is 1. The molecular weight excluding hydrogens is 248 g/mol. The monoisotopic (exact) mass is 270 g/mol. The van der Waals surface area contributed by atoms with Gasteiger partial charge in [-0.15, -0.1) is 0 Å². The van der Waals surface area contributed by atoms with Crippen LogP contribution in [0.5, 0.6) is 0 Å². The van der Waals surface area contributed by atoms with Crippen LogP contribution in [0.15, 0.2) is 42.7 Å². The highest BCUT2D eigenvalue weighted by Crippen LogP contribution is 2.51. The maximum atomic E-state index is 10.7. The number of nitrogens with zero attached hydrogens (tertiary/aromatic N) is 2. The fourth-order valence-corrected chi connectivity index (χ4v) is 3.06. The first-order valence-electron chi connectivity index (χ1n) is 7.50. The van der Waals surface area contributed by atoms with Crippen LogP contribution >= 0.6 is 0 Å². The summed E-state index contributed by atoms with van der Waals surface area (Å²) in [5.74, 6) is 1.00. The van der Waals surface area contributed by atoms with Crippen molar-refractivity contribution in [2.75, 3.05) is 0 Å². The molecule has 0 bridgehead atoms. The minimum atomic E-state index is -0.345. The normalized spacial score (nSPS) is 17.9. The molecule has 1 aromatic carbocycles. The zero-order chi connectivity index (χ0) is 14.0. The highest BCUT2D eigenvalue weighted by atomic mass is 16.3. The van der Waals surface area contributed by atoms with Crippen molar-refractivity contribution in [3.8, 4) is 0 Å². The van der Waals surface area contributed by atoms with E-state index in [2.05, 4.69) is 40.7 Å². The number of benzene rings is 1. The fourth-order valence-electron chi connectivity index (χ4n) is 3.06. The summed E-state index contributed by atoms with van der Waals surface area (Å²) in [7, 11) is 0. The van der Waals surface area contributed by atoms with Gasteiger partial charge >= 0.3 is 0 Å². The van der Waals surface area contributed by atoms with Crippen molar-refractivity contribution < 1.29 is 5.11 Å². The molecule has 1 heterocycles. The van der Waals surface area contributed by atoms with Gasteiger partial charge in [-0.3, -0.25) is 0 Å². The molecule has 1 N–H and O–H groups in total. The Hall–Kier alpha value is -1.61. The number of aryl methyl sites for hydroxylation is 1. The first-order valence-corrected chi connectivity index (χ1v) is 7.50. The molecule has 0 amide bonds. The van der Waals surface area contributed by atoms with Crippen LogP contribution in [0.4, 0.5) is 0 Å². The van der Waals surface area contributed by atoms with Crippen molar-refractivity contribution >= 4 is 0 Å². The molecule has 3 heteroatoms. The predicted molar refractivity (Wildman–Crippen MR) is 79.6 cm³/mol. The van der Waals surface area contributed by atoms with E-state index in [0.717, 1.165) is 31.6 Å². The highest BCUT2D eigenvalue weighted by molar-refractivity contribution is 5.33. The number of aliphatic hydroxyl groups excluding tert-OH is 1. The van der Waals surface area contributed by atoms with E-state index in [4.69, 9.17) is 0 Å². The Morgan fingerprint density at radius 3 is 2.70 bits per heavy atom. The SMILES string of the molecule is CCCn1ccnc1CC(O)C1(c2ccccc2)CC1. The van der Waals surface area contributed by atoms with Crippen LogP contribution in [-0.4, -0.2) is 20.8 Å². The van der Waals surface area contributed by atoms with E-state index in [1.54, 1.807) is 0 Å². The molecule has 0 saturated heterocycles. The van der Waals surface area contributed by atoms with E-state index in [-0.39, 0.29) is 11.5 Å². The Bertz CT molecular complexity index is 557. The molecule has 1 saturated carbocycles. The quantitative estimate of drug-likeness (QED) is 0.876. The van der Waals surface area contributed by atoms with Gasteiger partial charge in [0.25, 0.3) is 0 Å². The van der Waals surface area contributed by atoms with E-state index in [1.165, 1.54) is 5.56 Å². The number of aromatic nitrogens is 2. The minimum absolute atomic E-state index is 0.0374. The van der Waals surface area contributed by atoms with Crippen LogP contribution in [0.3, 0.4) is 0 Å². The molecule has 0 spiro atoms. The van der Waals surface area contributed by atoms with Crippen LogP contribution in [-0.2, 0) is 18.4 Å². The Morgan fingerprint density at radius 1 is 1.30 bits per heavy atom. The molecular formula is C17H22N2O.